The monoisotopic (exact) mass is 431 g/mol. The van der Waals surface area contributed by atoms with Crippen molar-refractivity contribution >= 4 is 22.8 Å². The second-order valence-corrected chi connectivity index (χ2v) is 8.89. The molecule has 2 heterocycles. The number of hydrogen-bond donors (Lipinski definition) is 0. The topological polar surface area (TPSA) is 57.5 Å². The van der Waals surface area contributed by atoms with Crippen LogP contribution in [-0.4, -0.2) is 30.7 Å². The molecule has 0 bridgehead atoms. The number of carbonyl (C=O) groups is 2. The molecule has 1 aliphatic carbocycles. The van der Waals surface area contributed by atoms with E-state index in [1.807, 2.05) is 24.3 Å². The zero-order valence-corrected chi connectivity index (χ0v) is 18.7. The van der Waals surface area contributed by atoms with Crippen LogP contribution in [0.4, 0.5) is 0 Å². The van der Waals surface area contributed by atoms with Crippen molar-refractivity contribution in [2.75, 3.05) is 14.2 Å². The standard InChI is InChI=1S/C27H29NO4/c1-31-26(29)20-13-14-21-23(17-9-5-3-6-10-17)24(18-11-7-4-8-12-18)28-22(27(30)32-2)16-15-19(20)25(21)28/h4,7-8,11-14,17,22H,3,5-6,9-10,15-16H2,1-2H3. The summed E-state index contributed by atoms with van der Waals surface area (Å²) in [4.78, 5) is 25.5. The van der Waals surface area contributed by atoms with Crippen molar-refractivity contribution in [1.82, 2.24) is 4.57 Å². The first-order valence-corrected chi connectivity index (χ1v) is 11.6. The fourth-order valence-electron chi connectivity index (χ4n) is 5.83. The molecule has 0 spiro atoms. The molecule has 0 radical (unpaired) electrons. The molecule has 32 heavy (non-hydrogen) atoms. The van der Waals surface area contributed by atoms with E-state index in [4.69, 9.17) is 9.47 Å². The van der Waals surface area contributed by atoms with Crippen molar-refractivity contribution < 1.29 is 19.1 Å². The average Bonchev–Trinajstić information content (AvgIpc) is 3.21. The van der Waals surface area contributed by atoms with Crippen LogP contribution in [0.3, 0.4) is 0 Å². The van der Waals surface area contributed by atoms with Crippen LogP contribution in [0.2, 0.25) is 0 Å². The second-order valence-electron chi connectivity index (χ2n) is 8.89. The smallest absolute Gasteiger partial charge is 0.338 e. The quantitative estimate of drug-likeness (QED) is 0.490. The Morgan fingerprint density at radius 3 is 2.34 bits per heavy atom. The third-order valence-corrected chi connectivity index (χ3v) is 7.23. The van der Waals surface area contributed by atoms with Crippen LogP contribution in [-0.2, 0) is 20.7 Å². The summed E-state index contributed by atoms with van der Waals surface area (Å²) in [5.41, 5.74) is 6.09. The van der Waals surface area contributed by atoms with Gasteiger partial charge in [0.25, 0.3) is 0 Å². The number of esters is 2. The molecule has 2 aromatic carbocycles. The largest absolute Gasteiger partial charge is 0.467 e. The second kappa shape index (κ2) is 8.45. The predicted molar refractivity (Wildman–Crippen MR) is 124 cm³/mol. The summed E-state index contributed by atoms with van der Waals surface area (Å²) in [5.74, 6) is -0.119. The molecule has 166 valence electrons. The molecular weight excluding hydrogens is 402 g/mol. The lowest BCUT2D eigenvalue weighted by Crippen LogP contribution is -2.26. The summed E-state index contributed by atoms with van der Waals surface area (Å²) in [7, 11) is 2.87. The van der Waals surface area contributed by atoms with Crippen LogP contribution < -0.4 is 0 Å². The number of methoxy groups -OCH3 is 2. The van der Waals surface area contributed by atoms with Crippen molar-refractivity contribution in [2.24, 2.45) is 0 Å². The maximum Gasteiger partial charge on any atom is 0.338 e. The molecule has 5 heteroatoms. The molecule has 0 N–H and O–H groups in total. The predicted octanol–water partition coefficient (Wildman–Crippen LogP) is 5.80. The van der Waals surface area contributed by atoms with E-state index in [1.165, 1.54) is 39.0 Å². The molecule has 1 unspecified atom stereocenters. The van der Waals surface area contributed by atoms with Crippen molar-refractivity contribution in [3.05, 3.63) is 59.2 Å². The number of carbonyl (C=O) groups excluding carboxylic acids is 2. The van der Waals surface area contributed by atoms with Gasteiger partial charge in [0, 0.05) is 5.39 Å². The highest BCUT2D eigenvalue weighted by Gasteiger charge is 2.36. The molecular formula is C27H29NO4. The zero-order valence-electron chi connectivity index (χ0n) is 18.7. The van der Waals surface area contributed by atoms with E-state index in [0.717, 1.165) is 40.6 Å². The van der Waals surface area contributed by atoms with Gasteiger partial charge < -0.3 is 14.0 Å². The molecule has 0 saturated heterocycles. The van der Waals surface area contributed by atoms with Crippen LogP contribution in [0, 0.1) is 0 Å². The minimum absolute atomic E-state index is 0.233. The number of nitrogens with zero attached hydrogens (tertiary/aromatic N) is 1. The minimum Gasteiger partial charge on any atom is -0.467 e. The van der Waals surface area contributed by atoms with Crippen molar-refractivity contribution in [2.45, 2.75) is 56.9 Å². The molecule has 5 rings (SSSR count). The van der Waals surface area contributed by atoms with Gasteiger partial charge in [0.2, 0.25) is 0 Å². The highest BCUT2D eigenvalue weighted by molar-refractivity contribution is 6.03. The lowest BCUT2D eigenvalue weighted by molar-refractivity contribution is -0.144. The molecule has 3 aromatic rings. The third-order valence-electron chi connectivity index (χ3n) is 7.23. The summed E-state index contributed by atoms with van der Waals surface area (Å²) < 4.78 is 12.5. The Hall–Kier alpha value is -3.08. The normalized spacial score (nSPS) is 18.5. The molecule has 0 amide bonds. The first kappa shape index (κ1) is 20.8. The van der Waals surface area contributed by atoms with Crippen molar-refractivity contribution in [3.8, 4) is 11.3 Å². The van der Waals surface area contributed by atoms with E-state index in [-0.39, 0.29) is 11.9 Å². The van der Waals surface area contributed by atoms with Gasteiger partial charge in [-0.1, -0.05) is 55.7 Å². The Bertz CT molecular complexity index is 1170. The van der Waals surface area contributed by atoms with Gasteiger partial charge in [-0.3, -0.25) is 0 Å². The van der Waals surface area contributed by atoms with Gasteiger partial charge in [0.15, 0.2) is 0 Å². The summed E-state index contributed by atoms with van der Waals surface area (Å²) in [6.07, 6.45) is 7.26. The molecule has 1 aromatic heterocycles. The van der Waals surface area contributed by atoms with Gasteiger partial charge in [-0.25, -0.2) is 9.59 Å². The van der Waals surface area contributed by atoms with Crippen LogP contribution in [0.5, 0.6) is 0 Å². The SMILES string of the molecule is COC(=O)c1ccc2c(C3CCCCC3)c(-c3ccccc3)n3c2c1CCC3C(=O)OC. The highest BCUT2D eigenvalue weighted by atomic mass is 16.5. The van der Waals surface area contributed by atoms with Crippen LogP contribution in [0.15, 0.2) is 42.5 Å². The third kappa shape index (κ3) is 3.22. The van der Waals surface area contributed by atoms with Crippen LogP contribution in [0.1, 0.15) is 72.0 Å². The van der Waals surface area contributed by atoms with Gasteiger partial charge in [-0.15, -0.1) is 0 Å². The van der Waals surface area contributed by atoms with Gasteiger partial charge in [-0.05, 0) is 54.4 Å². The molecule has 1 atom stereocenters. The van der Waals surface area contributed by atoms with E-state index in [1.54, 1.807) is 0 Å². The molecule has 1 fully saturated rings. The van der Waals surface area contributed by atoms with E-state index in [0.29, 0.717) is 24.3 Å². The first-order valence-electron chi connectivity index (χ1n) is 11.6. The van der Waals surface area contributed by atoms with Crippen LogP contribution >= 0.6 is 0 Å². The lowest BCUT2D eigenvalue weighted by Gasteiger charge is -2.28. The Balaban J connectivity index is 1.89. The maximum absolute atomic E-state index is 12.9. The van der Waals surface area contributed by atoms with Crippen molar-refractivity contribution in [3.63, 3.8) is 0 Å². The van der Waals surface area contributed by atoms with Gasteiger partial charge in [0.1, 0.15) is 6.04 Å². The molecule has 1 saturated carbocycles. The maximum atomic E-state index is 12.9. The highest BCUT2D eigenvalue weighted by Crippen LogP contribution is 2.48. The van der Waals surface area contributed by atoms with Crippen LogP contribution in [0.25, 0.3) is 22.2 Å². The summed E-state index contributed by atoms with van der Waals surface area (Å²) in [6.45, 7) is 0. The fraction of sp³-hybridized carbons (Fsp3) is 0.407. The first-order chi connectivity index (χ1) is 15.7. The summed E-state index contributed by atoms with van der Waals surface area (Å²) in [5, 5.41) is 1.16. The molecule has 1 aliphatic heterocycles. The Morgan fingerprint density at radius 1 is 0.906 bits per heavy atom. The molecule has 5 nitrogen and oxygen atoms in total. The number of hydrogen-bond acceptors (Lipinski definition) is 4. The van der Waals surface area contributed by atoms with E-state index >= 15 is 0 Å². The average molecular weight is 432 g/mol. The lowest BCUT2D eigenvalue weighted by atomic mass is 9.81. The zero-order chi connectivity index (χ0) is 22.2. The minimum atomic E-state index is -0.407. The number of benzene rings is 2. The summed E-state index contributed by atoms with van der Waals surface area (Å²) >= 11 is 0. The van der Waals surface area contributed by atoms with Crippen molar-refractivity contribution in [1.29, 1.82) is 0 Å². The molecule has 2 aliphatic rings. The van der Waals surface area contributed by atoms with Gasteiger partial charge >= 0.3 is 11.9 Å². The van der Waals surface area contributed by atoms with Gasteiger partial charge in [-0.2, -0.15) is 0 Å². The van der Waals surface area contributed by atoms with E-state index in [2.05, 4.69) is 22.8 Å². The Kier molecular flexibility index (Phi) is 5.50. The number of aromatic nitrogens is 1. The fourth-order valence-corrected chi connectivity index (χ4v) is 5.83. The Morgan fingerprint density at radius 2 is 1.66 bits per heavy atom. The van der Waals surface area contributed by atoms with Gasteiger partial charge in [0.05, 0.1) is 31.0 Å². The number of rotatable bonds is 4. The number of aryl methyl sites for hydroxylation is 1. The summed E-state index contributed by atoms with van der Waals surface area (Å²) in [6, 6.07) is 13.9. The van der Waals surface area contributed by atoms with E-state index in [9.17, 15) is 9.59 Å². The van der Waals surface area contributed by atoms with E-state index < -0.39 is 6.04 Å². The number of ether oxygens (including phenoxy) is 2. The Labute approximate surface area is 188 Å².